The number of ether oxygens (including phenoxy) is 2. The van der Waals surface area contributed by atoms with Crippen molar-refractivity contribution >= 4 is 10.1 Å². The summed E-state index contributed by atoms with van der Waals surface area (Å²) in [6.07, 6.45) is -4.11. The van der Waals surface area contributed by atoms with Crippen molar-refractivity contribution in [1.82, 2.24) is 9.55 Å². The van der Waals surface area contributed by atoms with E-state index < -0.39 is 46.0 Å². The molecule has 2 aromatic rings. The summed E-state index contributed by atoms with van der Waals surface area (Å²) in [7, 11) is -4.00. The summed E-state index contributed by atoms with van der Waals surface area (Å²) in [6, 6.07) is 9.19. The fourth-order valence-corrected chi connectivity index (χ4v) is 3.64. The minimum absolute atomic E-state index is 0.164. The molecular formula is C18H21FN2O7S. The second-order valence-corrected chi connectivity index (χ2v) is 8.35. The van der Waals surface area contributed by atoms with Gasteiger partial charge in [0.2, 0.25) is 0 Å². The van der Waals surface area contributed by atoms with Gasteiger partial charge in [0.1, 0.15) is 12.2 Å². The zero-order valence-corrected chi connectivity index (χ0v) is 16.6. The Balaban J connectivity index is 1.81. The number of alkyl halides is 1. The highest BCUT2D eigenvalue weighted by Crippen LogP contribution is 2.34. The third-order valence-corrected chi connectivity index (χ3v) is 4.94. The molecule has 1 aliphatic rings. The number of hydrogen-bond donors (Lipinski definition) is 1. The maximum atomic E-state index is 15.1. The standard InChI is InChI=1S/C18H21FN2O7S/c1-11-8-21(18(23)20-16(11)22)17-14(19)15(28-29(2,24)25)13(27-17)10-26-9-12-6-4-3-5-7-12/h3-8,13-15,17H,9-10H2,1-2H3,(H,20,22,23). The first-order valence-electron chi connectivity index (χ1n) is 8.77. The summed E-state index contributed by atoms with van der Waals surface area (Å²) in [6.45, 7) is 1.48. The van der Waals surface area contributed by atoms with Crippen LogP contribution in [0, 0.1) is 6.92 Å². The molecule has 9 nitrogen and oxygen atoms in total. The van der Waals surface area contributed by atoms with E-state index in [1.807, 2.05) is 30.3 Å². The largest absolute Gasteiger partial charge is 0.374 e. The van der Waals surface area contributed by atoms with Crippen LogP contribution in [0.3, 0.4) is 0 Å². The Labute approximate surface area is 166 Å². The molecule has 0 bridgehead atoms. The molecule has 29 heavy (non-hydrogen) atoms. The van der Waals surface area contributed by atoms with Gasteiger partial charge in [-0.25, -0.2) is 9.18 Å². The van der Waals surface area contributed by atoms with Gasteiger partial charge in [-0.15, -0.1) is 0 Å². The molecule has 1 fully saturated rings. The van der Waals surface area contributed by atoms with Gasteiger partial charge in [0.25, 0.3) is 15.7 Å². The van der Waals surface area contributed by atoms with E-state index in [-0.39, 0.29) is 18.8 Å². The first-order valence-corrected chi connectivity index (χ1v) is 10.6. The smallest absolute Gasteiger partial charge is 0.330 e. The minimum Gasteiger partial charge on any atom is -0.374 e. The molecule has 0 aliphatic carbocycles. The van der Waals surface area contributed by atoms with Crippen LogP contribution in [-0.2, 0) is 30.4 Å². The van der Waals surface area contributed by atoms with Gasteiger partial charge in [0.05, 0.1) is 19.5 Å². The maximum Gasteiger partial charge on any atom is 0.330 e. The van der Waals surface area contributed by atoms with Crippen molar-refractivity contribution in [2.45, 2.75) is 38.1 Å². The summed E-state index contributed by atoms with van der Waals surface area (Å²) in [5, 5.41) is 0. The molecule has 1 saturated heterocycles. The number of aromatic amines is 1. The Morgan fingerprint density at radius 2 is 1.93 bits per heavy atom. The highest BCUT2D eigenvalue weighted by Gasteiger charge is 2.49. The lowest BCUT2D eigenvalue weighted by atomic mass is 10.1. The van der Waals surface area contributed by atoms with E-state index in [1.54, 1.807) is 0 Å². The molecule has 2 heterocycles. The summed E-state index contributed by atoms with van der Waals surface area (Å²) >= 11 is 0. The van der Waals surface area contributed by atoms with E-state index in [9.17, 15) is 18.0 Å². The van der Waals surface area contributed by atoms with Crippen LogP contribution < -0.4 is 11.2 Å². The molecule has 0 radical (unpaired) electrons. The third-order valence-electron chi connectivity index (χ3n) is 4.37. The molecule has 1 N–H and O–H groups in total. The van der Waals surface area contributed by atoms with Crippen LogP contribution in [0.1, 0.15) is 17.4 Å². The summed E-state index contributed by atoms with van der Waals surface area (Å²) in [5.74, 6) is 0. The van der Waals surface area contributed by atoms with Crippen molar-refractivity contribution in [3.05, 3.63) is 68.5 Å². The summed E-state index contributed by atoms with van der Waals surface area (Å²) < 4.78 is 55.1. The number of nitrogens with zero attached hydrogens (tertiary/aromatic N) is 1. The number of H-pyrrole nitrogens is 1. The molecule has 0 amide bonds. The molecule has 3 rings (SSSR count). The molecule has 1 aliphatic heterocycles. The number of halogens is 1. The maximum absolute atomic E-state index is 15.1. The van der Waals surface area contributed by atoms with Gasteiger partial charge in [0.15, 0.2) is 12.4 Å². The quantitative estimate of drug-likeness (QED) is 0.643. The predicted molar refractivity (Wildman–Crippen MR) is 101 cm³/mol. The average molecular weight is 428 g/mol. The molecule has 4 atom stereocenters. The van der Waals surface area contributed by atoms with Crippen molar-refractivity contribution in [2.75, 3.05) is 12.9 Å². The third kappa shape index (κ3) is 5.18. The van der Waals surface area contributed by atoms with Gasteiger partial charge in [-0.1, -0.05) is 30.3 Å². The number of rotatable bonds is 7. The summed E-state index contributed by atoms with van der Waals surface area (Å²) in [5.41, 5.74) is -0.444. The highest BCUT2D eigenvalue weighted by atomic mass is 32.2. The zero-order valence-electron chi connectivity index (χ0n) is 15.8. The number of nitrogens with one attached hydrogen (secondary N) is 1. The lowest BCUT2D eigenvalue weighted by Gasteiger charge is -2.18. The monoisotopic (exact) mass is 428 g/mol. The molecule has 0 spiro atoms. The van der Waals surface area contributed by atoms with E-state index in [1.165, 1.54) is 6.92 Å². The molecular weight excluding hydrogens is 407 g/mol. The van der Waals surface area contributed by atoms with Crippen LogP contribution in [0.2, 0.25) is 0 Å². The van der Waals surface area contributed by atoms with Crippen molar-refractivity contribution in [3.63, 3.8) is 0 Å². The molecule has 1 aromatic heterocycles. The van der Waals surface area contributed by atoms with Gasteiger partial charge in [-0.2, -0.15) is 8.42 Å². The van der Waals surface area contributed by atoms with E-state index in [0.29, 0.717) is 0 Å². The number of benzene rings is 1. The second kappa shape index (κ2) is 8.57. The van der Waals surface area contributed by atoms with Crippen LogP contribution in [0.25, 0.3) is 0 Å². The second-order valence-electron chi connectivity index (χ2n) is 6.75. The first kappa shape index (κ1) is 21.4. The van der Waals surface area contributed by atoms with E-state index in [0.717, 1.165) is 22.6 Å². The Morgan fingerprint density at radius 3 is 2.59 bits per heavy atom. The fraction of sp³-hybridized carbons (Fsp3) is 0.444. The SMILES string of the molecule is Cc1cn(C2OC(COCc3ccccc3)C(OS(C)(=O)=O)C2F)c(=O)[nH]c1=O. The highest BCUT2D eigenvalue weighted by molar-refractivity contribution is 7.86. The van der Waals surface area contributed by atoms with Crippen LogP contribution in [0.5, 0.6) is 0 Å². The fourth-order valence-electron chi connectivity index (χ4n) is 3.01. The molecule has 11 heteroatoms. The topological polar surface area (TPSA) is 117 Å². The first-order chi connectivity index (χ1) is 13.7. The minimum atomic E-state index is -4.00. The van der Waals surface area contributed by atoms with E-state index >= 15 is 4.39 Å². The number of aromatic nitrogens is 2. The van der Waals surface area contributed by atoms with Crippen LogP contribution in [0.4, 0.5) is 4.39 Å². The lowest BCUT2D eigenvalue weighted by molar-refractivity contribution is -0.0654. The lowest BCUT2D eigenvalue weighted by Crippen LogP contribution is -2.38. The molecule has 1 aromatic carbocycles. The molecule has 0 saturated carbocycles. The van der Waals surface area contributed by atoms with Gasteiger partial charge in [-0.05, 0) is 12.5 Å². The summed E-state index contributed by atoms with van der Waals surface area (Å²) in [4.78, 5) is 25.7. The predicted octanol–water partition coefficient (Wildman–Crippen LogP) is 0.642. The van der Waals surface area contributed by atoms with Crippen molar-refractivity contribution in [3.8, 4) is 0 Å². The van der Waals surface area contributed by atoms with Gasteiger partial charge in [0, 0.05) is 11.8 Å². The van der Waals surface area contributed by atoms with Gasteiger partial charge in [-0.3, -0.25) is 18.5 Å². The van der Waals surface area contributed by atoms with Crippen LogP contribution >= 0.6 is 0 Å². The Bertz CT molecular complexity index is 1070. The Morgan fingerprint density at radius 1 is 1.24 bits per heavy atom. The van der Waals surface area contributed by atoms with E-state index in [4.69, 9.17) is 13.7 Å². The van der Waals surface area contributed by atoms with Crippen LogP contribution in [-0.4, -0.2) is 49.2 Å². The van der Waals surface area contributed by atoms with Gasteiger partial charge < -0.3 is 9.47 Å². The van der Waals surface area contributed by atoms with Gasteiger partial charge >= 0.3 is 5.69 Å². The molecule has 4 unspecified atom stereocenters. The van der Waals surface area contributed by atoms with Crippen LogP contribution in [0.15, 0.2) is 46.1 Å². The molecule has 158 valence electrons. The average Bonchev–Trinajstić information content (AvgIpc) is 2.94. The van der Waals surface area contributed by atoms with E-state index in [2.05, 4.69) is 4.98 Å². The van der Waals surface area contributed by atoms with Crippen molar-refractivity contribution < 1.29 is 26.5 Å². The number of aryl methyl sites for hydroxylation is 1. The normalized spacial score (nSPS) is 24.7. The number of hydrogen-bond acceptors (Lipinski definition) is 7. The Hall–Kier alpha value is -2.34. The van der Waals surface area contributed by atoms with Crippen molar-refractivity contribution in [1.29, 1.82) is 0 Å². The zero-order chi connectivity index (χ0) is 21.2. The van der Waals surface area contributed by atoms with Crippen molar-refractivity contribution in [2.24, 2.45) is 0 Å². The Kier molecular flexibility index (Phi) is 6.32.